The molecule has 0 atom stereocenters. The summed E-state index contributed by atoms with van der Waals surface area (Å²) in [7, 11) is -1.52. The molecular weight excluding hydrogens is 503 g/mol. The number of aromatic nitrogens is 1. The van der Waals surface area contributed by atoms with Gasteiger partial charge >= 0.3 is 12.1 Å². The average molecular weight is 533 g/mol. The first kappa shape index (κ1) is 27.7. The van der Waals surface area contributed by atoms with E-state index in [1.165, 1.54) is 73.8 Å². The van der Waals surface area contributed by atoms with E-state index < -0.39 is 40.1 Å². The Labute approximate surface area is 215 Å². The molecule has 0 spiro atoms. The van der Waals surface area contributed by atoms with Gasteiger partial charge in [-0.2, -0.15) is 0 Å². The van der Waals surface area contributed by atoms with Gasteiger partial charge in [-0.25, -0.2) is 26.4 Å². The SMILES string of the molecule is COC(=O)COc1cccc(S(=O)(=O)n2cc(CN(C)C(=O)OC(C)(C)C)cc2-c2ccccc2F)c1. The summed E-state index contributed by atoms with van der Waals surface area (Å²) in [6.07, 6.45) is 0.742. The average Bonchev–Trinajstić information content (AvgIpc) is 3.26. The topological polar surface area (TPSA) is 104 Å². The summed E-state index contributed by atoms with van der Waals surface area (Å²) in [5.41, 5.74) is -0.130. The highest BCUT2D eigenvalue weighted by Crippen LogP contribution is 2.30. The maximum absolute atomic E-state index is 14.7. The normalized spacial score (nSPS) is 11.6. The van der Waals surface area contributed by atoms with Crippen molar-refractivity contribution in [1.82, 2.24) is 8.87 Å². The summed E-state index contributed by atoms with van der Waals surface area (Å²) in [5.74, 6) is -1.10. The second-order valence-electron chi connectivity index (χ2n) is 9.19. The summed E-state index contributed by atoms with van der Waals surface area (Å²) in [5, 5.41) is 0. The van der Waals surface area contributed by atoms with Crippen molar-refractivity contribution >= 4 is 22.1 Å². The van der Waals surface area contributed by atoms with E-state index in [4.69, 9.17) is 9.47 Å². The van der Waals surface area contributed by atoms with Gasteiger partial charge in [0.15, 0.2) is 6.61 Å². The number of hydrogen-bond acceptors (Lipinski definition) is 7. The Balaban J connectivity index is 2.03. The van der Waals surface area contributed by atoms with Crippen LogP contribution in [0.1, 0.15) is 26.3 Å². The first-order valence-electron chi connectivity index (χ1n) is 11.3. The molecule has 0 saturated carbocycles. The fourth-order valence-electron chi connectivity index (χ4n) is 3.36. The van der Waals surface area contributed by atoms with E-state index in [0.717, 1.165) is 3.97 Å². The third kappa shape index (κ3) is 6.88. The van der Waals surface area contributed by atoms with Crippen LogP contribution in [0.3, 0.4) is 0 Å². The van der Waals surface area contributed by atoms with Gasteiger partial charge in [0.2, 0.25) is 0 Å². The Morgan fingerprint density at radius 3 is 2.41 bits per heavy atom. The highest BCUT2D eigenvalue weighted by molar-refractivity contribution is 7.90. The minimum absolute atomic E-state index is 0.0150. The lowest BCUT2D eigenvalue weighted by molar-refractivity contribution is -0.142. The molecule has 0 bridgehead atoms. The molecule has 0 fully saturated rings. The Bertz CT molecular complexity index is 1390. The van der Waals surface area contributed by atoms with Crippen molar-refractivity contribution in [3.05, 3.63) is 72.2 Å². The van der Waals surface area contributed by atoms with Crippen LogP contribution in [0, 0.1) is 5.82 Å². The van der Waals surface area contributed by atoms with E-state index in [1.54, 1.807) is 26.8 Å². The van der Waals surface area contributed by atoms with Crippen LogP contribution in [0.5, 0.6) is 5.75 Å². The predicted octanol–water partition coefficient (Wildman–Crippen LogP) is 4.45. The zero-order valence-corrected chi connectivity index (χ0v) is 22.0. The van der Waals surface area contributed by atoms with Crippen LogP contribution < -0.4 is 4.74 Å². The van der Waals surface area contributed by atoms with E-state index >= 15 is 0 Å². The van der Waals surface area contributed by atoms with Crippen molar-refractivity contribution in [2.24, 2.45) is 0 Å². The molecule has 0 unspecified atom stereocenters. The number of carbonyl (C=O) groups excluding carboxylic acids is 2. The highest BCUT2D eigenvalue weighted by atomic mass is 32.2. The Morgan fingerprint density at radius 2 is 1.76 bits per heavy atom. The number of nitrogens with zero attached hydrogens (tertiary/aromatic N) is 2. The molecule has 198 valence electrons. The number of hydrogen-bond donors (Lipinski definition) is 0. The highest BCUT2D eigenvalue weighted by Gasteiger charge is 2.26. The van der Waals surface area contributed by atoms with Gasteiger partial charge in [0.25, 0.3) is 10.0 Å². The zero-order valence-electron chi connectivity index (χ0n) is 21.2. The first-order chi connectivity index (χ1) is 17.3. The molecule has 0 aliphatic rings. The molecule has 0 aliphatic heterocycles. The maximum Gasteiger partial charge on any atom is 0.410 e. The summed E-state index contributed by atoms with van der Waals surface area (Å²) >= 11 is 0. The number of benzene rings is 2. The van der Waals surface area contributed by atoms with Crippen LogP contribution in [-0.4, -0.2) is 55.7 Å². The summed E-state index contributed by atoms with van der Waals surface area (Å²) in [6.45, 7) is 4.83. The maximum atomic E-state index is 14.7. The van der Waals surface area contributed by atoms with Crippen LogP contribution in [0.25, 0.3) is 11.3 Å². The largest absolute Gasteiger partial charge is 0.482 e. The molecule has 1 aromatic heterocycles. The lowest BCUT2D eigenvalue weighted by Crippen LogP contribution is -2.33. The lowest BCUT2D eigenvalue weighted by atomic mass is 10.1. The Kier molecular flexibility index (Phi) is 8.27. The third-order valence-electron chi connectivity index (χ3n) is 5.06. The molecule has 3 aromatic rings. The summed E-state index contributed by atoms with van der Waals surface area (Å²) in [6, 6.07) is 12.9. The number of ether oxygens (including phenoxy) is 3. The van der Waals surface area contributed by atoms with Crippen LogP contribution in [0.4, 0.5) is 9.18 Å². The molecule has 9 nitrogen and oxygen atoms in total. The van der Waals surface area contributed by atoms with Gasteiger partial charge < -0.3 is 19.1 Å². The quantitative estimate of drug-likeness (QED) is 0.395. The molecule has 0 N–H and O–H groups in total. The van der Waals surface area contributed by atoms with Crippen molar-refractivity contribution in [2.75, 3.05) is 20.8 Å². The number of carbonyl (C=O) groups is 2. The number of esters is 1. The number of methoxy groups -OCH3 is 1. The summed E-state index contributed by atoms with van der Waals surface area (Å²) < 4.78 is 58.3. The smallest absolute Gasteiger partial charge is 0.410 e. The summed E-state index contributed by atoms with van der Waals surface area (Å²) in [4.78, 5) is 25.0. The van der Waals surface area contributed by atoms with E-state index in [1.807, 2.05) is 0 Å². The zero-order chi connectivity index (χ0) is 27.4. The van der Waals surface area contributed by atoms with Gasteiger partial charge in [-0.3, -0.25) is 0 Å². The second-order valence-corrected chi connectivity index (χ2v) is 11.0. The number of halogens is 1. The second kappa shape index (κ2) is 11.0. The van der Waals surface area contributed by atoms with Gasteiger partial charge in [-0.15, -0.1) is 0 Å². The molecule has 0 saturated heterocycles. The Morgan fingerprint density at radius 1 is 1.05 bits per heavy atom. The first-order valence-corrected chi connectivity index (χ1v) is 12.7. The van der Waals surface area contributed by atoms with Gasteiger partial charge in [0.05, 0.1) is 24.2 Å². The predicted molar refractivity (Wildman–Crippen MR) is 134 cm³/mol. The molecule has 0 aliphatic carbocycles. The van der Waals surface area contributed by atoms with Gasteiger partial charge in [-0.1, -0.05) is 18.2 Å². The van der Waals surface area contributed by atoms with Crippen LogP contribution in [0.15, 0.2) is 65.7 Å². The van der Waals surface area contributed by atoms with Crippen LogP contribution in [-0.2, 0) is 30.8 Å². The van der Waals surface area contributed by atoms with Gasteiger partial charge in [0, 0.05) is 24.9 Å². The molecule has 2 aromatic carbocycles. The third-order valence-corrected chi connectivity index (χ3v) is 6.73. The van der Waals surface area contributed by atoms with E-state index in [9.17, 15) is 22.4 Å². The van der Waals surface area contributed by atoms with E-state index in [-0.39, 0.29) is 28.4 Å². The number of rotatable bonds is 8. The van der Waals surface area contributed by atoms with Crippen molar-refractivity contribution in [1.29, 1.82) is 0 Å². The van der Waals surface area contributed by atoms with Crippen molar-refractivity contribution in [3.63, 3.8) is 0 Å². The van der Waals surface area contributed by atoms with Crippen molar-refractivity contribution in [2.45, 2.75) is 37.8 Å². The fraction of sp³-hybridized carbons (Fsp3) is 0.308. The molecule has 3 rings (SSSR count). The molecule has 37 heavy (non-hydrogen) atoms. The van der Waals surface area contributed by atoms with E-state index in [2.05, 4.69) is 4.74 Å². The van der Waals surface area contributed by atoms with Gasteiger partial charge in [0.1, 0.15) is 17.2 Å². The molecule has 11 heteroatoms. The van der Waals surface area contributed by atoms with Gasteiger partial charge in [-0.05, 0) is 56.7 Å². The minimum atomic E-state index is -4.25. The fourth-order valence-corrected chi connectivity index (χ4v) is 4.79. The lowest BCUT2D eigenvalue weighted by Gasteiger charge is -2.24. The minimum Gasteiger partial charge on any atom is -0.482 e. The van der Waals surface area contributed by atoms with Crippen molar-refractivity contribution in [3.8, 4) is 17.0 Å². The Hall–Kier alpha value is -3.86. The molecule has 1 amide bonds. The van der Waals surface area contributed by atoms with E-state index in [0.29, 0.717) is 5.56 Å². The number of amides is 1. The standard InChI is InChI=1S/C26H29FN2O7S/c1-26(2,3)36-25(31)28(4)15-18-13-23(21-11-6-7-12-22(21)27)29(16-18)37(32,33)20-10-8-9-19(14-20)35-17-24(30)34-5/h6-14,16H,15,17H2,1-5H3. The monoisotopic (exact) mass is 532 g/mol. The molecular formula is C26H29FN2O7S. The molecule has 1 heterocycles. The van der Waals surface area contributed by atoms with Crippen LogP contribution >= 0.6 is 0 Å². The molecule has 0 radical (unpaired) electrons. The van der Waals surface area contributed by atoms with Crippen LogP contribution in [0.2, 0.25) is 0 Å². The van der Waals surface area contributed by atoms with Crippen molar-refractivity contribution < 1.29 is 36.6 Å².